The first-order chi connectivity index (χ1) is 10.2. The Balaban J connectivity index is 1.73. The summed E-state index contributed by atoms with van der Waals surface area (Å²) in [6.45, 7) is 4.02. The van der Waals surface area contributed by atoms with Crippen LogP contribution in [0.15, 0.2) is 47.6 Å². The maximum Gasteiger partial charge on any atom is 0.256 e. The Morgan fingerprint density at radius 1 is 1.14 bits per heavy atom. The summed E-state index contributed by atoms with van der Waals surface area (Å²) in [5.74, 6) is 1.52. The van der Waals surface area contributed by atoms with Gasteiger partial charge in [-0.3, -0.25) is 4.40 Å². The number of nitrogens with zero attached hydrogens (tertiary/aromatic N) is 4. The van der Waals surface area contributed by atoms with Crippen LogP contribution in [0.1, 0.15) is 17.0 Å². The van der Waals surface area contributed by atoms with Crippen LogP contribution in [-0.4, -0.2) is 25.3 Å². The van der Waals surface area contributed by atoms with Gasteiger partial charge in [-0.2, -0.15) is 0 Å². The smallest absolute Gasteiger partial charge is 0.256 e. The maximum absolute atomic E-state index is 4.39. The SMILES string of the molecule is Cc1cc(C)n2c(SCC=Cc3ccccc3)nnc2n1. The second kappa shape index (κ2) is 6.10. The fraction of sp³-hybridized carbons (Fsp3) is 0.188. The zero-order valence-corrected chi connectivity index (χ0v) is 12.8. The Labute approximate surface area is 127 Å². The molecule has 0 amide bonds. The van der Waals surface area contributed by atoms with Gasteiger partial charge in [0, 0.05) is 17.1 Å². The Morgan fingerprint density at radius 3 is 2.76 bits per heavy atom. The first-order valence-electron chi connectivity index (χ1n) is 6.78. The van der Waals surface area contributed by atoms with Gasteiger partial charge < -0.3 is 0 Å². The molecule has 2 heterocycles. The van der Waals surface area contributed by atoms with E-state index in [1.54, 1.807) is 11.8 Å². The molecular formula is C16H16N4S. The normalized spacial score (nSPS) is 11.5. The highest BCUT2D eigenvalue weighted by molar-refractivity contribution is 7.99. The van der Waals surface area contributed by atoms with Gasteiger partial charge in [-0.1, -0.05) is 54.2 Å². The van der Waals surface area contributed by atoms with E-state index < -0.39 is 0 Å². The highest BCUT2D eigenvalue weighted by atomic mass is 32.2. The number of hydrogen-bond acceptors (Lipinski definition) is 4. The minimum absolute atomic E-state index is 0.669. The van der Waals surface area contributed by atoms with Crippen LogP contribution < -0.4 is 0 Å². The van der Waals surface area contributed by atoms with Gasteiger partial charge in [0.05, 0.1) is 0 Å². The molecule has 0 saturated heterocycles. The number of aromatic nitrogens is 4. The van der Waals surface area contributed by atoms with Crippen LogP contribution in [0.4, 0.5) is 0 Å². The predicted octanol–water partition coefficient (Wildman–Crippen LogP) is 3.55. The third-order valence-corrected chi connectivity index (χ3v) is 3.96. The summed E-state index contributed by atoms with van der Waals surface area (Å²) in [5, 5.41) is 9.24. The topological polar surface area (TPSA) is 43.1 Å². The van der Waals surface area contributed by atoms with Crippen molar-refractivity contribution in [3.05, 3.63) is 59.4 Å². The van der Waals surface area contributed by atoms with Crippen molar-refractivity contribution in [2.75, 3.05) is 5.75 Å². The van der Waals surface area contributed by atoms with Crippen molar-refractivity contribution in [3.63, 3.8) is 0 Å². The van der Waals surface area contributed by atoms with Gasteiger partial charge in [-0.15, -0.1) is 10.2 Å². The van der Waals surface area contributed by atoms with Crippen LogP contribution in [0.3, 0.4) is 0 Å². The van der Waals surface area contributed by atoms with E-state index in [2.05, 4.69) is 46.4 Å². The minimum atomic E-state index is 0.669. The molecule has 21 heavy (non-hydrogen) atoms. The molecule has 0 aliphatic carbocycles. The van der Waals surface area contributed by atoms with Gasteiger partial charge >= 0.3 is 0 Å². The van der Waals surface area contributed by atoms with Gasteiger partial charge in [-0.25, -0.2) is 4.98 Å². The van der Waals surface area contributed by atoms with Gasteiger partial charge in [0.1, 0.15) is 0 Å². The molecule has 0 saturated carbocycles. The largest absolute Gasteiger partial charge is 0.259 e. The fourth-order valence-corrected chi connectivity index (χ4v) is 2.96. The zero-order valence-electron chi connectivity index (χ0n) is 12.0. The summed E-state index contributed by atoms with van der Waals surface area (Å²) < 4.78 is 1.99. The molecule has 0 atom stereocenters. The molecule has 0 spiro atoms. The highest BCUT2D eigenvalue weighted by Crippen LogP contribution is 2.18. The minimum Gasteiger partial charge on any atom is -0.259 e. The molecular weight excluding hydrogens is 280 g/mol. The summed E-state index contributed by atoms with van der Waals surface area (Å²) in [6.07, 6.45) is 4.25. The fourth-order valence-electron chi connectivity index (χ4n) is 2.16. The number of rotatable bonds is 4. The molecule has 106 valence electrons. The quantitative estimate of drug-likeness (QED) is 0.691. The van der Waals surface area contributed by atoms with E-state index in [-0.39, 0.29) is 0 Å². The van der Waals surface area contributed by atoms with Crippen LogP contribution in [0, 0.1) is 13.8 Å². The number of aryl methyl sites for hydroxylation is 2. The van der Waals surface area contributed by atoms with Crippen molar-refractivity contribution >= 4 is 23.6 Å². The Kier molecular flexibility index (Phi) is 4.01. The average molecular weight is 296 g/mol. The second-order valence-electron chi connectivity index (χ2n) is 4.78. The summed E-state index contributed by atoms with van der Waals surface area (Å²) in [6, 6.07) is 12.3. The number of fused-ring (bicyclic) bond motifs is 1. The van der Waals surface area contributed by atoms with E-state index >= 15 is 0 Å². The van der Waals surface area contributed by atoms with Gasteiger partial charge in [0.25, 0.3) is 5.78 Å². The van der Waals surface area contributed by atoms with Gasteiger partial charge in [0.2, 0.25) is 0 Å². The van der Waals surface area contributed by atoms with Crippen LogP contribution >= 0.6 is 11.8 Å². The molecule has 0 N–H and O–H groups in total. The first kappa shape index (κ1) is 13.8. The van der Waals surface area contributed by atoms with Crippen molar-refractivity contribution < 1.29 is 0 Å². The average Bonchev–Trinajstić information content (AvgIpc) is 2.88. The van der Waals surface area contributed by atoms with Crippen molar-refractivity contribution in [2.45, 2.75) is 19.0 Å². The number of benzene rings is 1. The molecule has 4 nitrogen and oxygen atoms in total. The number of hydrogen-bond donors (Lipinski definition) is 0. The van der Waals surface area contributed by atoms with Crippen molar-refractivity contribution in [1.29, 1.82) is 0 Å². The molecule has 5 heteroatoms. The summed E-state index contributed by atoms with van der Waals surface area (Å²) in [5.41, 5.74) is 3.28. The summed E-state index contributed by atoms with van der Waals surface area (Å²) >= 11 is 1.66. The summed E-state index contributed by atoms with van der Waals surface area (Å²) in [7, 11) is 0. The van der Waals surface area contributed by atoms with Crippen LogP contribution in [0.2, 0.25) is 0 Å². The van der Waals surface area contributed by atoms with Crippen LogP contribution in [0.5, 0.6) is 0 Å². The summed E-state index contributed by atoms with van der Waals surface area (Å²) in [4.78, 5) is 4.39. The Hall–Kier alpha value is -2.14. The van der Waals surface area contributed by atoms with Crippen LogP contribution in [-0.2, 0) is 0 Å². The molecule has 2 aromatic heterocycles. The monoisotopic (exact) mass is 296 g/mol. The molecule has 0 aliphatic heterocycles. The zero-order chi connectivity index (χ0) is 14.7. The Morgan fingerprint density at radius 2 is 1.95 bits per heavy atom. The predicted molar refractivity (Wildman–Crippen MR) is 86.5 cm³/mol. The lowest BCUT2D eigenvalue weighted by molar-refractivity contribution is 0.887. The van der Waals surface area contributed by atoms with E-state index in [1.165, 1.54) is 5.56 Å². The molecule has 0 unspecified atom stereocenters. The van der Waals surface area contributed by atoms with Crippen molar-refractivity contribution in [2.24, 2.45) is 0 Å². The molecule has 3 rings (SSSR count). The van der Waals surface area contributed by atoms with Gasteiger partial charge in [-0.05, 0) is 25.5 Å². The maximum atomic E-state index is 4.39. The third-order valence-electron chi connectivity index (χ3n) is 3.08. The van der Waals surface area contributed by atoms with Crippen molar-refractivity contribution in [3.8, 4) is 0 Å². The van der Waals surface area contributed by atoms with E-state index in [0.717, 1.165) is 22.3 Å². The van der Waals surface area contributed by atoms with Gasteiger partial charge in [0.15, 0.2) is 5.16 Å². The lowest BCUT2D eigenvalue weighted by atomic mass is 10.2. The van der Waals surface area contributed by atoms with Crippen molar-refractivity contribution in [1.82, 2.24) is 19.6 Å². The second-order valence-corrected chi connectivity index (χ2v) is 5.77. The van der Waals surface area contributed by atoms with Crippen LogP contribution in [0.25, 0.3) is 11.9 Å². The lowest BCUT2D eigenvalue weighted by Crippen LogP contribution is -1.97. The van der Waals surface area contributed by atoms with E-state index in [9.17, 15) is 0 Å². The van der Waals surface area contributed by atoms with E-state index in [0.29, 0.717) is 5.78 Å². The first-order valence-corrected chi connectivity index (χ1v) is 7.76. The third kappa shape index (κ3) is 3.13. The molecule has 0 aliphatic rings. The molecule has 0 fully saturated rings. The molecule has 3 aromatic rings. The lowest BCUT2D eigenvalue weighted by Gasteiger charge is -2.02. The number of thioether (sulfide) groups is 1. The molecule has 0 bridgehead atoms. The Bertz CT molecular complexity index is 778. The van der Waals surface area contributed by atoms with E-state index in [4.69, 9.17) is 0 Å². The standard InChI is InChI=1S/C16H16N4S/c1-12-11-13(2)20-15(17-12)18-19-16(20)21-10-6-9-14-7-4-3-5-8-14/h3-9,11H,10H2,1-2H3. The highest BCUT2D eigenvalue weighted by Gasteiger charge is 2.09. The molecule has 0 radical (unpaired) electrons. The molecule has 1 aromatic carbocycles. The van der Waals surface area contributed by atoms with E-state index in [1.807, 2.05) is 35.6 Å².